The third-order valence-electron chi connectivity index (χ3n) is 4.90. The molecular weight excluding hydrogens is 248 g/mol. The Labute approximate surface area is 126 Å². The van der Waals surface area contributed by atoms with Crippen LogP contribution in [0.4, 0.5) is 0 Å². The highest BCUT2D eigenvalue weighted by Crippen LogP contribution is 2.28. The van der Waals surface area contributed by atoms with Crippen LogP contribution in [0.3, 0.4) is 0 Å². The van der Waals surface area contributed by atoms with Crippen LogP contribution in [0.25, 0.3) is 0 Å². The first-order valence-electron chi connectivity index (χ1n) is 8.71. The molecule has 1 aliphatic carbocycles. The zero-order valence-corrected chi connectivity index (χ0v) is 14.0. The lowest BCUT2D eigenvalue weighted by atomic mass is 9.85. The lowest BCUT2D eigenvalue weighted by Crippen LogP contribution is -2.47. The molecule has 1 aliphatic rings. The summed E-state index contributed by atoms with van der Waals surface area (Å²) < 4.78 is 0. The first-order valence-corrected chi connectivity index (χ1v) is 8.71. The van der Waals surface area contributed by atoms with E-state index in [1.807, 2.05) is 0 Å². The number of nitrogens with zero attached hydrogens (tertiary/aromatic N) is 1. The van der Waals surface area contributed by atoms with Crippen molar-refractivity contribution in [2.45, 2.75) is 71.8 Å². The molecule has 1 saturated carbocycles. The van der Waals surface area contributed by atoms with Crippen LogP contribution >= 0.6 is 0 Å². The van der Waals surface area contributed by atoms with E-state index in [1.165, 1.54) is 44.9 Å². The average molecular weight is 284 g/mol. The molecule has 0 aromatic carbocycles. The van der Waals surface area contributed by atoms with E-state index in [4.69, 9.17) is 0 Å². The summed E-state index contributed by atoms with van der Waals surface area (Å²) >= 11 is 0. The largest absolute Gasteiger partial charge is 0.395 e. The van der Waals surface area contributed by atoms with Crippen LogP contribution in [-0.4, -0.2) is 48.8 Å². The van der Waals surface area contributed by atoms with E-state index < -0.39 is 0 Å². The zero-order valence-electron chi connectivity index (χ0n) is 14.0. The molecule has 0 aromatic rings. The predicted octanol–water partition coefficient (Wildman–Crippen LogP) is 3.03. The van der Waals surface area contributed by atoms with Gasteiger partial charge in [0.05, 0.1) is 6.61 Å². The van der Waals surface area contributed by atoms with Crippen LogP contribution < -0.4 is 5.32 Å². The molecule has 0 radical (unpaired) electrons. The van der Waals surface area contributed by atoms with Crippen LogP contribution in [0.5, 0.6) is 0 Å². The fraction of sp³-hybridized carbons (Fsp3) is 1.00. The minimum absolute atomic E-state index is 0.290. The van der Waals surface area contributed by atoms with Gasteiger partial charge in [-0.05, 0) is 37.6 Å². The van der Waals surface area contributed by atoms with Crippen molar-refractivity contribution in [2.75, 3.05) is 32.8 Å². The Morgan fingerprint density at radius 3 is 2.45 bits per heavy atom. The Morgan fingerprint density at radius 2 is 1.90 bits per heavy atom. The molecule has 120 valence electrons. The summed E-state index contributed by atoms with van der Waals surface area (Å²) in [5.74, 6) is 0. The summed E-state index contributed by atoms with van der Waals surface area (Å²) in [6.07, 6.45) is 9.16. The smallest absolute Gasteiger partial charge is 0.0558 e. The Balaban J connectivity index is 2.55. The molecule has 1 atom stereocenters. The maximum Gasteiger partial charge on any atom is 0.0558 e. The van der Waals surface area contributed by atoms with Gasteiger partial charge in [0.15, 0.2) is 0 Å². The summed E-state index contributed by atoms with van der Waals surface area (Å²) in [5, 5.41) is 13.0. The van der Waals surface area contributed by atoms with Crippen molar-refractivity contribution in [2.24, 2.45) is 5.41 Å². The van der Waals surface area contributed by atoms with Crippen molar-refractivity contribution < 1.29 is 5.11 Å². The standard InChI is InChI=1S/C17H36N2O/c1-4-11-18-14-17(3,5-2)15-19(12-13-20)16-9-7-6-8-10-16/h16,18,20H,4-15H2,1-3H3. The summed E-state index contributed by atoms with van der Waals surface area (Å²) in [6, 6.07) is 0.702. The lowest BCUT2D eigenvalue weighted by Gasteiger charge is -2.40. The van der Waals surface area contributed by atoms with Gasteiger partial charge in [0.1, 0.15) is 0 Å². The summed E-state index contributed by atoms with van der Waals surface area (Å²) in [6.45, 7) is 11.4. The monoisotopic (exact) mass is 284 g/mol. The van der Waals surface area contributed by atoms with E-state index in [0.29, 0.717) is 18.1 Å². The topological polar surface area (TPSA) is 35.5 Å². The highest BCUT2D eigenvalue weighted by Gasteiger charge is 2.29. The first-order chi connectivity index (χ1) is 9.65. The van der Waals surface area contributed by atoms with Gasteiger partial charge in [-0.25, -0.2) is 0 Å². The molecule has 0 amide bonds. The van der Waals surface area contributed by atoms with Crippen LogP contribution in [0.2, 0.25) is 0 Å². The summed E-state index contributed by atoms with van der Waals surface area (Å²) in [5.41, 5.74) is 0.321. The van der Waals surface area contributed by atoms with Crippen LogP contribution in [-0.2, 0) is 0 Å². The Hall–Kier alpha value is -0.120. The third-order valence-corrected chi connectivity index (χ3v) is 4.90. The van der Waals surface area contributed by atoms with E-state index in [9.17, 15) is 5.11 Å². The highest BCUT2D eigenvalue weighted by atomic mass is 16.3. The average Bonchev–Trinajstić information content (AvgIpc) is 2.48. The van der Waals surface area contributed by atoms with Gasteiger partial charge in [0.25, 0.3) is 0 Å². The minimum atomic E-state index is 0.290. The van der Waals surface area contributed by atoms with Gasteiger partial charge in [-0.15, -0.1) is 0 Å². The molecule has 3 heteroatoms. The van der Waals surface area contributed by atoms with Crippen molar-refractivity contribution >= 4 is 0 Å². The second-order valence-electron chi connectivity index (χ2n) is 6.83. The van der Waals surface area contributed by atoms with Crippen molar-refractivity contribution in [1.82, 2.24) is 10.2 Å². The fourth-order valence-electron chi connectivity index (χ4n) is 3.32. The minimum Gasteiger partial charge on any atom is -0.395 e. The van der Waals surface area contributed by atoms with Gasteiger partial charge < -0.3 is 10.4 Å². The quantitative estimate of drug-likeness (QED) is 0.605. The van der Waals surface area contributed by atoms with Crippen molar-refractivity contribution in [3.8, 4) is 0 Å². The van der Waals surface area contributed by atoms with Crippen molar-refractivity contribution in [1.29, 1.82) is 0 Å². The van der Waals surface area contributed by atoms with Crippen LogP contribution in [0.15, 0.2) is 0 Å². The SMILES string of the molecule is CCCNCC(C)(CC)CN(CCO)C1CCCCC1. The first kappa shape index (κ1) is 17.9. The number of aliphatic hydroxyl groups is 1. The predicted molar refractivity (Wildman–Crippen MR) is 87.1 cm³/mol. The Morgan fingerprint density at radius 1 is 1.20 bits per heavy atom. The summed E-state index contributed by atoms with van der Waals surface area (Å²) in [7, 11) is 0. The number of hydrogen-bond donors (Lipinski definition) is 2. The van der Waals surface area contributed by atoms with Crippen molar-refractivity contribution in [3.05, 3.63) is 0 Å². The van der Waals surface area contributed by atoms with Gasteiger partial charge >= 0.3 is 0 Å². The van der Waals surface area contributed by atoms with Crippen LogP contribution in [0.1, 0.15) is 65.7 Å². The van der Waals surface area contributed by atoms with Gasteiger partial charge in [-0.3, -0.25) is 4.90 Å². The van der Waals surface area contributed by atoms with Crippen LogP contribution in [0, 0.1) is 5.41 Å². The van der Waals surface area contributed by atoms with E-state index in [-0.39, 0.29) is 0 Å². The summed E-state index contributed by atoms with van der Waals surface area (Å²) in [4.78, 5) is 2.57. The molecule has 1 rings (SSSR count). The maximum atomic E-state index is 9.39. The van der Waals surface area contributed by atoms with E-state index >= 15 is 0 Å². The van der Waals surface area contributed by atoms with Gasteiger partial charge in [0, 0.05) is 25.7 Å². The molecule has 0 aliphatic heterocycles. The molecule has 0 saturated heterocycles. The number of rotatable bonds is 10. The molecule has 0 aromatic heterocycles. The Kier molecular flexibility index (Phi) is 8.74. The number of aliphatic hydroxyl groups excluding tert-OH is 1. The normalized spacial score (nSPS) is 20.2. The third kappa shape index (κ3) is 6.11. The lowest BCUT2D eigenvalue weighted by molar-refractivity contribution is 0.0740. The van der Waals surface area contributed by atoms with E-state index in [1.54, 1.807) is 0 Å². The van der Waals surface area contributed by atoms with Gasteiger partial charge in [-0.1, -0.05) is 40.0 Å². The molecule has 0 bridgehead atoms. The molecule has 1 unspecified atom stereocenters. The fourth-order valence-corrected chi connectivity index (χ4v) is 3.32. The maximum absolute atomic E-state index is 9.39. The molecule has 0 heterocycles. The molecule has 1 fully saturated rings. The Bertz CT molecular complexity index is 241. The number of hydrogen-bond acceptors (Lipinski definition) is 3. The second kappa shape index (κ2) is 9.75. The van der Waals surface area contributed by atoms with E-state index in [0.717, 1.165) is 26.2 Å². The molecule has 3 nitrogen and oxygen atoms in total. The van der Waals surface area contributed by atoms with E-state index in [2.05, 4.69) is 31.0 Å². The molecular formula is C17H36N2O. The van der Waals surface area contributed by atoms with Gasteiger partial charge in [-0.2, -0.15) is 0 Å². The van der Waals surface area contributed by atoms with Gasteiger partial charge in [0.2, 0.25) is 0 Å². The van der Waals surface area contributed by atoms with Crippen molar-refractivity contribution in [3.63, 3.8) is 0 Å². The molecule has 20 heavy (non-hydrogen) atoms. The zero-order chi connectivity index (χ0) is 14.8. The second-order valence-corrected chi connectivity index (χ2v) is 6.83. The number of nitrogens with one attached hydrogen (secondary N) is 1. The molecule has 0 spiro atoms. The molecule has 2 N–H and O–H groups in total. The highest BCUT2D eigenvalue weighted by molar-refractivity contribution is 4.84.